The molecule has 0 radical (unpaired) electrons. The molecular weight excluding hydrogens is 359 g/mol. The first-order valence-electron chi connectivity index (χ1n) is 6.93. The van der Waals surface area contributed by atoms with E-state index in [1.165, 1.54) is 37.3 Å². The number of carbonyl (C=O) groups is 1. The first-order chi connectivity index (χ1) is 11.5. The Morgan fingerprint density at radius 1 is 1.12 bits per heavy atom. The number of ether oxygens (including phenoxy) is 1. The summed E-state index contributed by atoms with van der Waals surface area (Å²) in [6, 6.07) is 8.10. The molecule has 0 fully saturated rings. The number of benzene rings is 2. The van der Waals surface area contributed by atoms with Crippen molar-refractivity contribution in [3.8, 4) is 0 Å². The standard InChI is InChI=1S/C16H14F3NO4S/c1-10-6-7-12(9-14(10)16(17,18)19)20-25(22,23)13-5-3-4-11(8-13)15(21)24-2/h3-9,20H,1-2H3. The minimum absolute atomic E-state index is 0.00487. The fourth-order valence-corrected chi connectivity index (χ4v) is 3.21. The van der Waals surface area contributed by atoms with Crippen LogP contribution in [0.25, 0.3) is 0 Å². The van der Waals surface area contributed by atoms with Crippen molar-refractivity contribution < 1.29 is 31.1 Å². The van der Waals surface area contributed by atoms with E-state index in [-0.39, 0.29) is 21.7 Å². The summed E-state index contributed by atoms with van der Waals surface area (Å²) in [5, 5.41) is 0. The molecule has 5 nitrogen and oxygen atoms in total. The molecular formula is C16H14F3NO4S. The molecule has 2 aromatic rings. The first kappa shape index (κ1) is 18.8. The molecule has 0 unspecified atom stereocenters. The number of rotatable bonds is 4. The maximum Gasteiger partial charge on any atom is 0.416 e. The highest BCUT2D eigenvalue weighted by Gasteiger charge is 2.32. The maximum atomic E-state index is 12.9. The van der Waals surface area contributed by atoms with Crippen molar-refractivity contribution in [1.29, 1.82) is 0 Å². The summed E-state index contributed by atoms with van der Waals surface area (Å²) in [5.74, 6) is -0.730. The molecule has 0 atom stereocenters. The van der Waals surface area contributed by atoms with Gasteiger partial charge in [-0.2, -0.15) is 13.2 Å². The number of sulfonamides is 1. The van der Waals surface area contributed by atoms with E-state index >= 15 is 0 Å². The number of anilines is 1. The summed E-state index contributed by atoms with van der Waals surface area (Å²) in [6.45, 7) is 1.28. The predicted molar refractivity (Wildman–Crippen MR) is 84.8 cm³/mol. The Balaban J connectivity index is 2.38. The van der Waals surface area contributed by atoms with E-state index in [1.54, 1.807) is 0 Å². The lowest BCUT2D eigenvalue weighted by Crippen LogP contribution is -2.15. The molecule has 25 heavy (non-hydrogen) atoms. The number of esters is 1. The Bertz CT molecular complexity index is 908. The van der Waals surface area contributed by atoms with Gasteiger partial charge in [0.05, 0.1) is 23.1 Å². The highest BCUT2D eigenvalue weighted by molar-refractivity contribution is 7.92. The average Bonchev–Trinajstić information content (AvgIpc) is 2.54. The van der Waals surface area contributed by atoms with E-state index in [2.05, 4.69) is 9.46 Å². The van der Waals surface area contributed by atoms with Gasteiger partial charge in [-0.05, 0) is 42.8 Å². The monoisotopic (exact) mass is 373 g/mol. The number of aryl methyl sites for hydroxylation is 1. The summed E-state index contributed by atoms with van der Waals surface area (Å²) in [7, 11) is -3.03. The Hall–Kier alpha value is -2.55. The number of hydrogen-bond acceptors (Lipinski definition) is 4. The van der Waals surface area contributed by atoms with Crippen molar-refractivity contribution in [3.05, 3.63) is 59.2 Å². The smallest absolute Gasteiger partial charge is 0.416 e. The second kappa shape index (κ2) is 6.75. The molecule has 0 aliphatic rings. The Kier molecular flexibility index (Phi) is 5.07. The van der Waals surface area contributed by atoms with Gasteiger partial charge in [-0.1, -0.05) is 12.1 Å². The second-order valence-corrected chi connectivity index (χ2v) is 6.83. The zero-order valence-electron chi connectivity index (χ0n) is 13.2. The predicted octanol–water partition coefficient (Wildman–Crippen LogP) is 3.60. The molecule has 2 rings (SSSR count). The molecule has 0 saturated carbocycles. The van der Waals surface area contributed by atoms with Crippen molar-refractivity contribution in [3.63, 3.8) is 0 Å². The lowest BCUT2D eigenvalue weighted by Gasteiger charge is -2.14. The molecule has 0 aliphatic carbocycles. The summed E-state index contributed by atoms with van der Waals surface area (Å²) in [6.07, 6.45) is -4.60. The average molecular weight is 373 g/mol. The first-order valence-corrected chi connectivity index (χ1v) is 8.42. The summed E-state index contributed by atoms with van der Waals surface area (Å²) in [5.41, 5.74) is -1.19. The summed E-state index contributed by atoms with van der Waals surface area (Å²) >= 11 is 0. The highest BCUT2D eigenvalue weighted by atomic mass is 32.2. The van der Waals surface area contributed by atoms with Gasteiger partial charge in [0, 0.05) is 5.69 Å². The quantitative estimate of drug-likeness (QED) is 0.831. The van der Waals surface area contributed by atoms with Gasteiger partial charge in [-0.15, -0.1) is 0 Å². The molecule has 134 valence electrons. The van der Waals surface area contributed by atoms with Crippen LogP contribution in [0.15, 0.2) is 47.4 Å². The Labute approximate surface area is 142 Å². The van der Waals surface area contributed by atoms with Crippen molar-refractivity contribution in [1.82, 2.24) is 0 Å². The van der Waals surface area contributed by atoms with E-state index in [0.717, 1.165) is 19.2 Å². The summed E-state index contributed by atoms with van der Waals surface area (Å²) in [4.78, 5) is 11.2. The third-order valence-electron chi connectivity index (χ3n) is 3.36. The minimum Gasteiger partial charge on any atom is -0.465 e. The van der Waals surface area contributed by atoms with Gasteiger partial charge in [-0.3, -0.25) is 4.72 Å². The van der Waals surface area contributed by atoms with Crippen molar-refractivity contribution in [2.75, 3.05) is 11.8 Å². The van der Waals surface area contributed by atoms with Gasteiger partial charge in [0.15, 0.2) is 0 Å². The molecule has 0 spiro atoms. The largest absolute Gasteiger partial charge is 0.465 e. The van der Waals surface area contributed by atoms with Crippen LogP contribution in [0, 0.1) is 6.92 Å². The minimum atomic E-state index is -4.60. The lowest BCUT2D eigenvalue weighted by molar-refractivity contribution is -0.138. The van der Waals surface area contributed by atoms with Gasteiger partial charge in [0.1, 0.15) is 0 Å². The molecule has 2 aromatic carbocycles. The van der Waals surface area contributed by atoms with Gasteiger partial charge in [0.2, 0.25) is 0 Å². The molecule has 0 saturated heterocycles. The van der Waals surface area contributed by atoms with Crippen molar-refractivity contribution >= 4 is 21.7 Å². The second-order valence-electron chi connectivity index (χ2n) is 5.15. The van der Waals surface area contributed by atoms with E-state index < -0.39 is 27.7 Å². The van der Waals surface area contributed by atoms with Gasteiger partial charge in [0.25, 0.3) is 10.0 Å². The Morgan fingerprint density at radius 2 is 1.80 bits per heavy atom. The van der Waals surface area contributed by atoms with Gasteiger partial charge < -0.3 is 4.74 Å². The third-order valence-corrected chi connectivity index (χ3v) is 4.74. The topological polar surface area (TPSA) is 72.5 Å². The van der Waals surface area contributed by atoms with E-state index in [0.29, 0.717) is 0 Å². The summed E-state index contributed by atoms with van der Waals surface area (Å²) < 4.78 is 70.1. The number of methoxy groups -OCH3 is 1. The lowest BCUT2D eigenvalue weighted by atomic mass is 10.1. The number of hydrogen-bond donors (Lipinski definition) is 1. The molecule has 0 heterocycles. The van der Waals surface area contributed by atoms with Crippen LogP contribution < -0.4 is 4.72 Å². The van der Waals surface area contributed by atoms with Crippen LogP contribution in [0.2, 0.25) is 0 Å². The number of halogens is 3. The highest BCUT2D eigenvalue weighted by Crippen LogP contribution is 2.33. The van der Waals surface area contributed by atoms with Crippen LogP contribution in [-0.4, -0.2) is 21.5 Å². The maximum absolute atomic E-state index is 12.9. The van der Waals surface area contributed by atoms with E-state index in [4.69, 9.17) is 0 Å². The SMILES string of the molecule is COC(=O)c1cccc(S(=O)(=O)Nc2ccc(C)c(C(F)(F)F)c2)c1. The third kappa shape index (κ3) is 4.30. The van der Waals surface area contributed by atoms with Crippen LogP contribution in [0.4, 0.5) is 18.9 Å². The molecule has 0 aromatic heterocycles. The molecule has 0 amide bonds. The normalized spacial score (nSPS) is 11.9. The molecule has 1 N–H and O–H groups in total. The van der Waals surface area contributed by atoms with Crippen LogP contribution in [0.1, 0.15) is 21.5 Å². The van der Waals surface area contributed by atoms with Gasteiger partial charge >= 0.3 is 12.1 Å². The fourth-order valence-electron chi connectivity index (χ4n) is 2.11. The number of carbonyl (C=O) groups excluding carboxylic acids is 1. The van der Waals surface area contributed by atoms with Gasteiger partial charge in [-0.25, -0.2) is 13.2 Å². The van der Waals surface area contributed by atoms with E-state index in [9.17, 15) is 26.4 Å². The molecule has 0 aliphatic heterocycles. The molecule has 0 bridgehead atoms. The Morgan fingerprint density at radius 3 is 2.40 bits per heavy atom. The fraction of sp³-hybridized carbons (Fsp3) is 0.188. The van der Waals surface area contributed by atoms with Crippen LogP contribution in [0.5, 0.6) is 0 Å². The zero-order chi connectivity index (χ0) is 18.8. The number of nitrogens with one attached hydrogen (secondary N) is 1. The van der Waals surface area contributed by atoms with E-state index in [1.807, 2.05) is 0 Å². The number of alkyl halides is 3. The molecule has 9 heteroatoms. The van der Waals surface area contributed by atoms with Crippen LogP contribution in [0.3, 0.4) is 0 Å². The van der Waals surface area contributed by atoms with Crippen molar-refractivity contribution in [2.24, 2.45) is 0 Å². The zero-order valence-corrected chi connectivity index (χ0v) is 14.0. The van der Waals surface area contributed by atoms with Crippen molar-refractivity contribution in [2.45, 2.75) is 18.0 Å². The van der Waals surface area contributed by atoms with Crippen LogP contribution in [-0.2, 0) is 20.9 Å². The van der Waals surface area contributed by atoms with Crippen LogP contribution >= 0.6 is 0 Å².